The van der Waals surface area contributed by atoms with Gasteiger partial charge in [0.2, 0.25) is 0 Å². The van der Waals surface area contributed by atoms with Crippen molar-refractivity contribution in [3.63, 3.8) is 0 Å². The van der Waals surface area contributed by atoms with Crippen molar-refractivity contribution >= 4 is 0 Å². The first-order valence-corrected chi connectivity index (χ1v) is 5.87. The summed E-state index contributed by atoms with van der Waals surface area (Å²) in [6.07, 6.45) is 3.91. The van der Waals surface area contributed by atoms with E-state index in [-0.39, 0.29) is 23.7 Å². The lowest BCUT2D eigenvalue weighted by Gasteiger charge is -2.55. The molecule has 0 aromatic heterocycles. The third-order valence-corrected chi connectivity index (χ3v) is 3.55. The summed E-state index contributed by atoms with van der Waals surface area (Å²) < 4.78 is 0. The van der Waals surface area contributed by atoms with E-state index in [0.717, 1.165) is 12.8 Å². The Morgan fingerprint density at radius 1 is 1.31 bits per heavy atom. The maximum atomic E-state index is 9.14. The molecule has 0 unspecified atom stereocenters. The van der Waals surface area contributed by atoms with Gasteiger partial charge in [0, 0.05) is 23.7 Å². The number of hydrogen-bond donors (Lipinski definition) is 2. The van der Waals surface area contributed by atoms with Crippen LogP contribution in [-0.4, -0.2) is 40.3 Å². The van der Waals surface area contributed by atoms with Gasteiger partial charge in [-0.15, -0.1) is 0 Å². The lowest BCUT2D eigenvalue weighted by molar-refractivity contribution is -0.0467. The minimum absolute atomic E-state index is 0.0129. The number of aliphatic hydroxyl groups is 1. The second kappa shape index (κ2) is 4.60. The smallest absolute Gasteiger partial charge is 0.176 e. The van der Waals surface area contributed by atoms with E-state index in [2.05, 4.69) is 37.9 Å². The van der Waals surface area contributed by atoms with Crippen molar-refractivity contribution < 1.29 is 5.11 Å². The summed E-state index contributed by atoms with van der Waals surface area (Å²) in [4.78, 5) is 2.34. The highest BCUT2D eigenvalue weighted by Crippen LogP contribution is 2.37. The number of likely N-dealkylation sites (tertiary alicyclic amines) is 1. The number of nitrogens with zero attached hydrogens (tertiary/aromatic N) is 2. The molecule has 0 aliphatic carbocycles. The molecule has 16 heavy (non-hydrogen) atoms. The van der Waals surface area contributed by atoms with Crippen molar-refractivity contribution in [3.05, 3.63) is 0 Å². The number of hydrogen-bond acceptors (Lipinski definition) is 4. The van der Waals surface area contributed by atoms with Crippen LogP contribution in [0.1, 0.15) is 40.5 Å². The van der Waals surface area contributed by atoms with Crippen LogP contribution in [0.5, 0.6) is 0 Å². The van der Waals surface area contributed by atoms with Crippen molar-refractivity contribution in [1.29, 1.82) is 5.26 Å². The second-order valence-corrected chi connectivity index (χ2v) is 5.86. The fourth-order valence-corrected chi connectivity index (χ4v) is 3.22. The first kappa shape index (κ1) is 13.3. The van der Waals surface area contributed by atoms with Crippen LogP contribution >= 0.6 is 0 Å². The first-order valence-electron chi connectivity index (χ1n) is 5.87. The Balaban J connectivity index is 2.85. The lowest BCUT2D eigenvalue weighted by atomic mass is 9.77. The Hall–Kier alpha value is -0.790. The summed E-state index contributed by atoms with van der Waals surface area (Å²) in [7, 11) is 0. The molecular formula is C12H23N3O. The van der Waals surface area contributed by atoms with E-state index in [1.54, 1.807) is 0 Å². The molecule has 1 rings (SSSR count). The summed E-state index contributed by atoms with van der Waals surface area (Å²) >= 11 is 0. The number of nitrogens with one attached hydrogen (secondary N) is 1. The van der Waals surface area contributed by atoms with Gasteiger partial charge in [0.05, 0.1) is 6.61 Å². The summed E-state index contributed by atoms with van der Waals surface area (Å²) in [5.41, 5.74) is 0.0258. The lowest BCUT2D eigenvalue weighted by Crippen LogP contribution is -2.64. The quantitative estimate of drug-likeness (QED) is 0.557. The van der Waals surface area contributed by atoms with E-state index < -0.39 is 0 Å². The molecule has 0 saturated carbocycles. The van der Waals surface area contributed by atoms with Crippen LogP contribution < -0.4 is 5.32 Å². The van der Waals surface area contributed by atoms with E-state index >= 15 is 0 Å². The summed E-state index contributed by atoms with van der Waals surface area (Å²) in [6.45, 7) is 9.58. The van der Waals surface area contributed by atoms with Crippen LogP contribution in [-0.2, 0) is 0 Å². The molecule has 1 aliphatic heterocycles. The van der Waals surface area contributed by atoms with Crippen molar-refractivity contribution in [2.45, 2.75) is 57.7 Å². The van der Waals surface area contributed by atoms with Gasteiger partial charge in [-0.3, -0.25) is 4.90 Å². The average molecular weight is 225 g/mol. The van der Waals surface area contributed by atoms with Gasteiger partial charge in [0.1, 0.15) is 0 Å². The molecule has 0 aromatic carbocycles. The zero-order chi connectivity index (χ0) is 12.4. The Morgan fingerprint density at radius 2 is 1.81 bits per heavy atom. The number of nitriles is 1. The predicted octanol–water partition coefficient (Wildman–Crippen LogP) is 1.07. The zero-order valence-corrected chi connectivity index (χ0v) is 10.7. The highest BCUT2D eigenvalue weighted by molar-refractivity contribution is 5.03. The maximum Gasteiger partial charge on any atom is 0.176 e. The maximum absolute atomic E-state index is 9.14. The third-order valence-electron chi connectivity index (χ3n) is 3.55. The van der Waals surface area contributed by atoms with Crippen LogP contribution in [0.15, 0.2) is 0 Å². The highest BCUT2D eigenvalue weighted by atomic mass is 16.3. The summed E-state index contributed by atoms with van der Waals surface area (Å²) in [6, 6.07) is 0.241. The average Bonchev–Trinajstić information content (AvgIpc) is 2.10. The molecule has 0 atom stereocenters. The van der Waals surface area contributed by atoms with E-state index in [9.17, 15) is 0 Å². The number of aliphatic hydroxyl groups excluding tert-OH is 1. The van der Waals surface area contributed by atoms with Gasteiger partial charge in [-0.05, 0) is 40.5 Å². The van der Waals surface area contributed by atoms with Crippen LogP contribution in [0.25, 0.3) is 0 Å². The summed E-state index contributed by atoms with van der Waals surface area (Å²) in [5, 5.41) is 20.7. The molecule has 0 amide bonds. The van der Waals surface area contributed by atoms with Crippen molar-refractivity contribution in [2.24, 2.45) is 0 Å². The molecular weight excluding hydrogens is 202 g/mol. The van der Waals surface area contributed by atoms with Crippen molar-refractivity contribution in [2.75, 3.05) is 13.2 Å². The largest absolute Gasteiger partial charge is 0.395 e. The van der Waals surface area contributed by atoms with Crippen LogP contribution in [0.2, 0.25) is 0 Å². The molecule has 0 aromatic rings. The highest BCUT2D eigenvalue weighted by Gasteiger charge is 2.44. The van der Waals surface area contributed by atoms with Crippen LogP contribution in [0, 0.1) is 11.5 Å². The van der Waals surface area contributed by atoms with E-state index in [1.165, 1.54) is 0 Å². The van der Waals surface area contributed by atoms with Gasteiger partial charge in [-0.2, -0.15) is 5.26 Å². The predicted molar refractivity (Wildman–Crippen MR) is 63.7 cm³/mol. The molecule has 2 N–H and O–H groups in total. The Kier molecular flexibility index (Phi) is 3.82. The Bertz CT molecular complexity index is 262. The molecule has 0 radical (unpaired) electrons. The number of rotatable bonds is 3. The van der Waals surface area contributed by atoms with Gasteiger partial charge in [0.15, 0.2) is 6.19 Å². The fourth-order valence-electron chi connectivity index (χ4n) is 3.22. The van der Waals surface area contributed by atoms with Gasteiger partial charge in [0.25, 0.3) is 0 Å². The monoisotopic (exact) mass is 225 g/mol. The molecule has 4 nitrogen and oxygen atoms in total. The topological polar surface area (TPSA) is 59.3 Å². The van der Waals surface area contributed by atoms with Crippen LogP contribution in [0.3, 0.4) is 0 Å². The number of piperidine rings is 1. The standard InChI is InChI=1S/C12H23N3O/c1-11(2)7-10(14-9-13)8-12(3,4)15(11)5-6-16/h10,14,16H,5-8H2,1-4H3. The minimum atomic E-state index is 0.0129. The van der Waals surface area contributed by atoms with Crippen molar-refractivity contribution in [1.82, 2.24) is 10.2 Å². The normalized spacial score (nSPS) is 25.0. The zero-order valence-electron chi connectivity index (χ0n) is 10.7. The molecule has 1 fully saturated rings. The van der Waals surface area contributed by atoms with E-state index in [0.29, 0.717) is 6.54 Å². The molecule has 92 valence electrons. The molecule has 0 spiro atoms. The second-order valence-electron chi connectivity index (χ2n) is 5.86. The SMILES string of the molecule is CC1(C)CC(NC#N)CC(C)(C)N1CCO. The molecule has 4 heteroatoms. The van der Waals surface area contributed by atoms with Crippen molar-refractivity contribution in [3.8, 4) is 6.19 Å². The fraction of sp³-hybridized carbons (Fsp3) is 0.917. The summed E-state index contributed by atoms with van der Waals surface area (Å²) in [5.74, 6) is 0. The molecule has 1 aliphatic rings. The Labute approximate surface area is 98.2 Å². The van der Waals surface area contributed by atoms with Gasteiger partial charge in [-0.1, -0.05) is 0 Å². The van der Waals surface area contributed by atoms with E-state index in [4.69, 9.17) is 10.4 Å². The third kappa shape index (κ3) is 2.66. The van der Waals surface area contributed by atoms with Gasteiger partial charge in [-0.25, -0.2) is 0 Å². The van der Waals surface area contributed by atoms with E-state index in [1.807, 2.05) is 6.19 Å². The minimum Gasteiger partial charge on any atom is -0.395 e. The molecule has 1 heterocycles. The van der Waals surface area contributed by atoms with Gasteiger partial charge >= 0.3 is 0 Å². The molecule has 1 saturated heterocycles. The van der Waals surface area contributed by atoms with Crippen LogP contribution in [0.4, 0.5) is 0 Å². The van der Waals surface area contributed by atoms with Gasteiger partial charge < -0.3 is 10.4 Å². The molecule has 0 bridgehead atoms. The number of β-amino-alcohol motifs (C(OH)–C–C–N with tert-alkyl or cyclic N) is 1. The Morgan fingerprint density at radius 3 is 2.19 bits per heavy atom. The first-order chi connectivity index (χ1) is 7.33.